The highest BCUT2D eigenvalue weighted by atomic mass is 16.3. The normalized spacial score (nSPS) is 11.0. The third-order valence-corrected chi connectivity index (χ3v) is 4.22. The number of aromatic nitrogens is 3. The highest BCUT2D eigenvalue weighted by molar-refractivity contribution is 6.07. The molecule has 0 spiro atoms. The Hall–Kier alpha value is -3.41. The van der Waals surface area contributed by atoms with Gasteiger partial charge in [0.2, 0.25) is 0 Å². The monoisotopic (exact) mass is 346 g/mol. The Morgan fingerprint density at radius 2 is 2.12 bits per heavy atom. The molecule has 4 rings (SSSR count). The molecule has 0 bridgehead atoms. The van der Waals surface area contributed by atoms with Gasteiger partial charge in [-0.15, -0.1) is 0 Å². The number of amides is 1. The van der Waals surface area contributed by atoms with E-state index in [-0.39, 0.29) is 5.91 Å². The van der Waals surface area contributed by atoms with Crippen LogP contribution in [0.1, 0.15) is 23.0 Å². The summed E-state index contributed by atoms with van der Waals surface area (Å²) in [5.74, 6) is 0.547. The first-order chi connectivity index (χ1) is 12.7. The number of carbonyl (C=O) groups excluding carboxylic acids is 1. The maximum absolute atomic E-state index is 12.8. The van der Waals surface area contributed by atoms with Gasteiger partial charge in [0.05, 0.1) is 35.8 Å². The van der Waals surface area contributed by atoms with Crippen LogP contribution >= 0.6 is 0 Å². The van der Waals surface area contributed by atoms with Crippen LogP contribution in [0.25, 0.3) is 22.2 Å². The number of pyridine rings is 1. The molecule has 4 aromatic rings. The minimum Gasteiger partial charge on any atom is -0.467 e. The number of nitrogens with one attached hydrogen (secondary N) is 1. The van der Waals surface area contributed by atoms with Crippen LogP contribution in [0, 0.1) is 0 Å². The lowest BCUT2D eigenvalue weighted by Gasteiger charge is -2.09. The fourth-order valence-corrected chi connectivity index (χ4v) is 2.86. The molecule has 26 heavy (non-hydrogen) atoms. The maximum atomic E-state index is 12.8. The number of aryl methyl sites for hydroxylation is 1. The molecule has 130 valence electrons. The van der Waals surface area contributed by atoms with Gasteiger partial charge < -0.3 is 9.73 Å². The zero-order chi connectivity index (χ0) is 17.9. The molecule has 6 heteroatoms. The van der Waals surface area contributed by atoms with Gasteiger partial charge in [0.25, 0.3) is 5.91 Å². The highest BCUT2D eigenvalue weighted by Crippen LogP contribution is 2.24. The lowest BCUT2D eigenvalue weighted by Crippen LogP contribution is -2.23. The number of carbonyl (C=O) groups is 1. The van der Waals surface area contributed by atoms with Gasteiger partial charge >= 0.3 is 0 Å². The molecule has 0 aliphatic carbocycles. The van der Waals surface area contributed by atoms with Gasteiger partial charge in [-0.1, -0.05) is 18.2 Å². The van der Waals surface area contributed by atoms with Crippen molar-refractivity contribution < 1.29 is 9.21 Å². The zero-order valence-corrected chi connectivity index (χ0v) is 14.3. The van der Waals surface area contributed by atoms with Gasteiger partial charge in [-0.05, 0) is 31.2 Å². The molecule has 6 nitrogen and oxygen atoms in total. The van der Waals surface area contributed by atoms with E-state index < -0.39 is 0 Å². The van der Waals surface area contributed by atoms with Crippen LogP contribution < -0.4 is 5.32 Å². The predicted molar refractivity (Wildman–Crippen MR) is 98.5 cm³/mol. The number of benzene rings is 1. The van der Waals surface area contributed by atoms with Crippen LogP contribution in [0.3, 0.4) is 0 Å². The number of hydrogen-bond donors (Lipinski definition) is 1. The van der Waals surface area contributed by atoms with Gasteiger partial charge in [-0.3, -0.25) is 9.48 Å². The van der Waals surface area contributed by atoms with Crippen molar-refractivity contribution in [2.24, 2.45) is 0 Å². The van der Waals surface area contributed by atoms with Gasteiger partial charge in [0, 0.05) is 23.7 Å². The Bertz CT molecular complexity index is 1050. The van der Waals surface area contributed by atoms with Crippen molar-refractivity contribution in [2.45, 2.75) is 20.0 Å². The molecule has 0 atom stereocenters. The molecule has 0 fully saturated rings. The number of fused-ring (bicyclic) bond motifs is 1. The summed E-state index contributed by atoms with van der Waals surface area (Å²) in [7, 11) is 0. The molecular formula is C20H18N4O2. The summed E-state index contributed by atoms with van der Waals surface area (Å²) < 4.78 is 7.11. The molecule has 0 unspecified atom stereocenters. The standard InChI is InChI=1S/C20H18N4O2/c1-2-24-13-14(11-22-24)19-10-17(16-7-3-4-8-18(16)23-19)20(25)21-12-15-6-5-9-26-15/h3-11,13H,2,12H2,1H3,(H,21,25). The fourth-order valence-electron chi connectivity index (χ4n) is 2.86. The minimum absolute atomic E-state index is 0.163. The molecule has 0 aliphatic rings. The predicted octanol–water partition coefficient (Wildman–Crippen LogP) is 3.64. The van der Waals surface area contributed by atoms with Crippen molar-refractivity contribution in [1.29, 1.82) is 0 Å². The van der Waals surface area contributed by atoms with E-state index in [1.54, 1.807) is 18.5 Å². The number of rotatable bonds is 5. The summed E-state index contributed by atoms with van der Waals surface area (Å²) in [6.07, 6.45) is 5.29. The van der Waals surface area contributed by atoms with E-state index >= 15 is 0 Å². The van der Waals surface area contributed by atoms with Crippen LogP contribution in [0.15, 0.2) is 65.5 Å². The Kier molecular flexibility index (Phi) is 4.23. The van der Waals surface area contributed by atoms with Crippen LogP contribution in [0.5, 0.6) is 0 Å². The van der Waals surface area contributed by atoms with Gasteiger partial charge in [-0.25, -0.2) is 4.98 Å². The quantitative estimate of drug-likeness (QED) is 0.599. The topological polar surface area (TPSA) is 73.0 Å². The van der Waals surface area contributed by atoms with Crippen molar-refractivity contribution in [3.63, 3.8) is 0 Å². The number of hydrogen-bond acceptors (Lipinski definition) is 4. The van der Waals surface area contributed by atoms with Crippen molar-refractivity contribution in [3.05, 3.63) is 72.4 Å². The summed E-state index contributed by atoms with van der Waals surface area (Å²) in [5, 5.41) is 8.02. The summed E-state index contributed by atoms with van der Waals surface area (Å²) >= 11 is 0. The summed E-state index contributed by atoms with van der Waals surface area (Å²) in [5.41, 5.74) is 2.98. The first-order valence-corrected chi connectivity index (χ1v) is 8.48. The average molecular weight is 346 g/mol. The third-order valence-electron chi connectivity index (χ3n) is 4.22. The number of para-hydroxylation sites is 1. The van der Waals surface area contributed by atoms with Crippen molar-refractivity contribution in [2.75, 3.05) is 0 Å². The van der Waals surface area contributed by atoms with Crippen molar-refractivity contribution in [1.82, 2.24) is 20.1 Å². The van der Waals surface area contributed by atoms with Gasteiger partial charge in [0.1, 0.15) is 5.76 Å². The van der Waals surface area contributed by atoms with Gasteiger partial charge in [-0.2, -0.15) is 5.10 Å². The smallest absolute Gasteiger partial charge is 0.252 e. The summed E-state index contributed by atoms with van der Waals surface area (Å²) in [6.45, 7) is 3.15. The minimum atomic E-state index is -0.163. The van der Waals surface area contributed by atoms with Crippen molar-refractivity contribution >= 4 is 16.8 Å². The maximum Gasteiger partial charge on any atom is 0.252 e. The van der Waals surface area contributed by atoms with Gasteiger partial charge in [0.15, 0.2) is 0 Å². The molecule has 0 saturated heterocycles. The molecule has 0 aliphatic heterocycles. The Morgan fingerprint density at radius 1 is 1.23 bits per heavy atom. The fraction of sp³-hybridized carbons (Fsp3) is 0.150. The summed E-state index contributed by atoms with van der Waals surface area (Å²) in [4.78, 5) is 17.5. The van der Waals surface area contributed by atoms with E-state index in [1.165, 1.54) is 0 Å². The third kappa shape index (κ3) is 3.09. The first kappa shape index (κ1) is 16.1. The van der Waals surface area contributed by atoms with Crippen molar-refractivity contribution in [3.8, 4) is 11.3 Å². The largest absolute Gasteiger partial charge is 0.467 e. The van der Waals surface area contributed by atoms with Crippen LogP contribution in [0.2, 0.25) is 0 Å². The zero-order valence-electron chi connectivity index (χ0n) is 14.3. The van der Waals surface area contributed by atoms with E-state index in [4.69, 9.17) is 9.40 Å². The second kappa shape index (κ2) is 6.84. The second-order valence-electron chi connectivity index (χ2n) is 5.92. The molecule has 1 aromatic carbocycles. The number of nitrogens with zero attached hydrogens (tertiary/aromatic N) is 3. The molecule has 0 saturated carbocycles. The lowest BCUT2D eigenvalue weighted by atomic mass is 10.0. The Balaban J connectivity index is 1.73. The molecule has 3 aromatic heterocycles. The Morgan fingerprint density at radius 3 is 2.88 bits per heavy atom. The van der Waals surface area contributed by atoms with E-state index in [9.17, 15) is 4.79 Å². The van der Waals surface area contributed by atoms with Crippen LogP contribution in [-0.2, 0) is 13.1 Å². The van der Waals surface area contributed by atoms with Crippen LogP contribution in [0.4, 0.5) is 0 Å². The van der Waals surface area contributed by atoms with E-state index in [1.807, 2.05) is 54.2 Å². The molecule has 1 N–H and O–H groups in total. The van der Waals surface area contributed by atoms with E-state index in [0.29, 0.717) is 17.9 Å². The average Bonchev–Trinajstić information content (AvgIpc) is 3.36. The second-order valence-corrected chi connectivity index (χ2v) is 5.92. The summed E-state index contributed by atoms with van der Waals surface area (Å²) in [6, 6.07) is 13.1. The number of furan rings is 1. The van der Waals surface area contributed by atoms with Crippen LogP contribution in [-0.4, -0.2) is 20.7 Å². The van der Waals surface area contributed by atoms with E-state index in [0.717, 1.165) is 28.7 Å². The molecule has 1 amide bonds. The lowest BCUT2D eigenvalue weighted by molar-refractivity contribution is 0.0949. The molecular weight excluding hydrogens is 328 g/mol. The van der Waals surface area contributed by atoms with E-state index in [2.05, 4.69) is 10.4 Å². The SMILES string of the molecule is CCn1cc(-c2cc(C(=O)NCc3ccco3)c3ccccc3n2)cn1. The first-order valence-electron chi connectivity index (χ1n) is 8.48. The molecule has 3 heterocycles. The Labute approximate surface area is 150 Å². The highest BCUT2D eigenvalue weighted by Gasteiger charge is 2.15. The molecule has 0 radical (unpaired) electrons.